The van der Waals surface area contributed by atoms with E-state index >= 15 is 0 Å². The first-order chi connectivity index (χ1) is 11.2. The van der Waals surface area contributed by atoms with Crippen molar-refractivity contribution < 1.29 is 9.53 Å². The second kappa shape index (κ2) is 9.47. The standard InChI is InChI=1S/C17H28N4O2/c1-14-5-10-21(11-6-14)16-4-3-15(13-20-16)17(22)19-8-7-18-9-12-23-2/h3-4,13-14,18H,5-12H2,1-2H3,(H,19,22). The number of pyridine rings is 1. The Kier molecular flexibility index (Phi) is 7.29. The Labute approximate surface area is 138 Å². The molecule has 0 radical (unpaired) electrons. The summed E-state index contributed by atoms with van der Waals surface area (Å²) in [6, 6.07) is 3.80. The molecule has 6 nitrogen and oxygen atoms in total. The maximum absolute atomic E-state index is 12.0. The van der Waals surface area contributed by atoms with Crippen molar-refractivity contribution >= 4 is 11.7 Å². The monoisotopic (exact) mass is 320 g/mol. The van der Waals surface area contributed by atoms with Gasteiger partial charge in [-0.25, -0.2) is 4.98 Å². The quantitative estimate of drug-likeness (QED) is 0.707. The lowest BCUT2D eigenvalue weighted by molar-refractivity contribution is 0.0953. The molecule has 2 rings (SSSR count). The maximum Gasteiger partial charge on any atom is 0.252 e. The summed E-state index contributed by atoms with van der Waals surface area (Å²) in [7, 11) is 1.67. The van der Waals surface area contributed by atoms with Gasteiger partial charge in [-0.2, -0.15) is 0 Å². The molecule has 0 bridgehead atoms. The summed E-state index contributed by atoms with van der Waals surface area (Å²) >= 11 is 0. The first-order valence-electron chi connectivity index (χ1n) is 8.39. The lowest BCUT2D eigenvalue weighted by atomic mass is 9.99. The smallest absolute Gasteiger partial charge is 0.252 e. The van der Waals surface area contributed by atoms with Gasteiger partial charge < -0.3 is 20.3 Å². The number of hydrogen-bond donors (Lipinski definition) is 2. The Bertz CT molecular complexity index is 470. The molecule has 1 amide bonds. The van der Waals surface area contributed by atoms with Crippen molar-refractivity contribution in [1.29, 1.82) is 0 Å². The van der Waals surface area contributed by atoms with Gasteiger partial charge in [0.1, 0.15) is 5.82 Å². The lowest BCUT2D eigenvalue weighted by Gasteiger charge is -2.31. The first kappa shape index (κ1) is 17.7. The molecule has 1 aromatic heterocycles. The van der Waals surface area contributed by atoms with Crippen LogP contribution in [0, 0.1) is 5.92 Å². The Hall–Kier alpha value is -1.66. The summed E-state index contributed by atoms with van der Waals surface area (Å²) in [6.07, 6.45) is 4.08. The number of piperidine rings is 1. The molecular weight excluding hydrogens is 292 g/mol. The number of carbonyl (C=O) groups excluding carboxylic acids is 1. The topological polar surface area (TPSA) is 66.5 Å². The van der Waals surface area contributed by atoms with Gasteiger partial charge in [0.2, 0.25) is 0 Å². The molecule has 0 aliphatic carbocycles. The number of hydrogen-bond acceptors (Lipinski definition) is 5. The maximum atomic E-state index is 12.0. The number of carbonyl (C=O) groups is 1. The van der Waals surface area contributed by atoms with Crippen molar-refractivity contribution in [3.05, 3.63) is 23.9 Å². The summed E-state index contributed by atoms with van der Waals surface area (Å²) in [5.74, 6) is 1.69. The molecule has 0 atom stereocenters. The van der Waals surface area contributed by atoms with Crippen LogP contribution in [0.4, 0.5) is 5.82 Å². The van der Waals surface area contributed by atoms with E-state index in [0.29, 0.717) is 18.7 Å². The van der Waals surface area contributed by atoms with Crippen LogP contribution in [0.3, 0.4) is 0 Å². The molecule has 1 saturated heterocycles. The summed E-state index contributed by atoms with van der Waals surface area (Å²) in [4.78, 5) is 18.8. The van der Waals surface area contributed by atoms with E-state index in [-0.39, 0.29) is 5.91 Å². The molecular formula is C17H28N4O2. The van der Waals surface area contributed by atoms with Crippen LogP contribution in [0.2, 0.25) is 0 Å². The third-order valence-corrected chi connectivity index (χ3v) is 4.19. The molecule has 1 aromatic rings. The Morgan fingerprint density at radius 1 is 1.30 bits per heavy atom. The molecule has 1 aliphatic rings. The highest BCUT2D eigenvalue weighted by Gasteiger charge is 2.17. The SMILES string of the molecule is COCCNCCNC(=O)c1ccc(N2CCC(C)CC2)nc1. The van der Waals surface area contributed by atoms with E-state index in [0.717, 1.165) is 37.9 Å². The van der Waals surface area contributed by atoms with Gasteiger partial charge in [-0.15, -0.1) is 0 Å². The van der Waals surface area contributed by atoms with E-state index in [4.69, 9.17) is 4.74 Å². The minimum atomic E-state index is -0.0788. The Morgan fingerprint density at radius 3 is 2.74 bits per heavy atom. The second-order valence-electron chi connectivity index (χ2n) is 6.07. The number of anilines is 1. The highest BCUT2D eigenvalue weighted by Crippen LogP contribution is 2.21. The summed E-state index contributed by atoms with van der Waals surface area (Å²) in [5, 5.41) is 6.07. The van der Waals surface area contributed by atoms with E-state index in [1.54, 1.807) is 13.3 Å². The molecule has 0 saturated carbocycles. The first-order valence-corrected chi connectivity index (χ1v) is 8.39. The fourth-order valence-corrected chi connectivity index (χ4v) is 2.61. The van der Waals surface area contributed by atoms with Gasteiger partial charge in [-0.3, -0.25) is 4.79 Å². The van der Waals surface area contributed by atoms with Crippen molar-refractivity contribution in [2.45, 2.75) is 19.8 Å². The van der Waals surface area contributed by atoms with Gasteiger partial charge in [0.15, 0.2) is 0 Å². The van der Waals surface area contributed by atoms with Crippen LogP contribution in [-0.4, -0.2) is 57.3 Å². The molecule has 1 aliphatic heterocycles. The van der Waals surface area contributed by atoms with E-state index in [1.807, 2.05) is 12.1 Å². The van der Waals surface area contributed by atoms with Crippen molar-refractivity contribution in [3.63, 3.8) is 0 Å². The average Bonchev–Trinajstić information content (AvgIpc) is 2.58. The van der Waals surface area contributed by atoms with Gasteiger partial charge in [-0.05, 0) is 30.9 Å². The number of nitrogens with zero attached hydrogens (tertiary/aromatic N) is 2. The molecule has 1 fully saturated rings. The highest BCUT2D eigenvalue weighted by molar-refractivity contribution is 5.94. The number of aromatic nitrogens is 1. The van der Waals surface area contributed by atoms with Crippen LogP contribution in [0.15, 0.2) is 18.3 Å². The molecule has 0 aromatic carbocycles. The van der Waals surface area contributed by atoms with Gasteiger partial charge in [0.05, 0.1) is 12.2 Å². The molecule has 0 unspecified atom stereocenters. The normalized spacial score (nSPS) is 15.7. The van der Waals surface area contributed by atoms with Crippen molar-refractivity contribution in [1.82, 2.24) is 15.6 Å². The Balaban J connectivity index is 1.74. The van der Waals surface area contributed by atoms with Gasteiger partial charge in [0.25, 0.3) is 5.91 Å². The Morgan fingerprint density at radius 2 is 2.09 bits per heavy atom. The fraction of sp³-hybridized carbons (Fsp3) is 0.647. The lowest BCUT2D eigenvalue weighted by Crippen LogP contribution is -2.34. The van der Waals surface area contributed by atoms with Crippen LogP contribution in [0.25, 0.3) is 0 Å². The van der Waals surface area contributed by atoms with Gasteiger partial charge in [-0.1, -0.05) is 6.92 Å². The number of amides is 1. The molecule has 2 heterocycles. The number of methoxy groups -OCH3 is 1. The van der Waals surface area contributed by atoms with Gasteiger partial charge in [0, 0.05) is 46.0 Å². The molecule has 6 heteroatoms. The third kappa shape index (κ3) is 5.80. The summed E-state index contributed by atoms with van der Waals surface area (Å²) in [6.45, 7) is 7.18. The van der Waals surface area contributed by atoms with E-state index in [9.17, 15) is 4.79 Å². The second-order valence-corrected chi connectivity index (χ2v) is 6.07. The van der Waals surface area contributed by atoms with Gasteiger partial charge >= 0.3 is 0 Å². The molecule has 0 spiro atoms. The van der Waals surface area contributed by atoms with E-state index in [1.165, 1.54) is 12.8 Å². The average molecular weight is 320 g/mol. The van der Waals surface area contributed by atoms with Crippen LogP contribution >= 0.6 is 0 Å². The number of rotatable bonds is 8. The minimum absolute atomic E-state index is 0.0788. The highest BCUT2D eigenvalue weighted by atomic mass is 16.5. The number of ether oxygens (including phenoxy) is 1. The third-order valence-electron chi connectivity index (χ3n) is 4.19. The zero-order valence-electron chi connectivity index (χ0n) is 14.2. The zero-order valence-corrected chi connectivity index (χ0v) is 14.2. The minimum Gasteiger partial charge on any atom is -0.383 e. The zero-order chi connectivity index (χ0) is 16.5. The van der Waals surface area contributed by atoms with Crippen molar-refractivity contribution in [2.24, 2.45) is 5.92 Å². The predicted octanol–water partition coefficient (Wildman–Crippen LogP) is 1.28. The van der Waals surface area contributed by atoms with Crippen LogP contribution in [-0.2, 0) is 4.74 Å². The van der Waals surface area contributed by atoms with Crippen molar-refractivity contribution in [2.75, 3.05) is 51.3 Å². The van der Waals surface area contributed by atoms with Crippen molar-refractivity contribution in [3.8, 4) is 0 Å². The van der Waals surface area contributed by atoms with E-state index in [2.05, 4.69) is 27.4 Å². The molecule has 128 valence electrons. The van der Waals surface area contributed by atoms with Crippen LogP contribution in [0.5, 0.6) is 0 Å². The fourth-order valence-electron chi connectivity index (χ4n) is 2.61. The number of nitrogens with one attached hydrogen (secondary N) is 2. The summed E-state index contributed by atoms with van der Waals surface area (Å²) in [5.41, 5.74) is 0.607. The van der Waals surface area contributed by atoms with Crippen LogP contribution < -0.4 is 15.5 Å². The molecule has 23 heavy (non-hydrogen) atoms. The predicted molar refractivity (Wildman–Crippen MR) is 91.9 cm³/mol. The molecule has 2 N–H and O–H groups in total. The van der Waals surface area contributed by atoms with Crippen LogP contribution in [0.1, 0.15) is 30.1 Å². The largest absolute Gasteiger partial charge is 0.383 e. The summed E-state index contributed by atoms with van der Waals surface area (Å²) < 4.78 is 4.94. The van der Waals surface area contributed by atoms with E-state index < -0.39 is 0 Å².